The molecule has 0 radical (unpaired) electrons. The van der Waals surface area contributed by atoms with Crippen LogP contribution in [0.3, 0.4) is 0 Å². The summed E-state index contributed by atoms with van der Waals surface area (Å²) in [7, 11) is 0. The van der Waals surface area contributed by atoms with Crippen LogP contribution >= 0.6 is 0 Å². The van der Waals surface area contributed by atoms with Crippen LogP contribution in [-0.2, 0) is 4.79 Å². The molecule has 1 saturated heterocycles. The lowest BCUT2D eigenvalue weighted by atomic mass is 9.96. The van der Waals surface area contributed by atoms with Gasteiger partial charge < -0.3 is 14.7 Å². The van der Waals surface area contributed by atoms with E-state index in [0.29, 0.717) is 30.5 Å². The zero-order valence-electron chi connectivity index (χ0n) is 15.6. The smallest absolute Gasteiger partial charge is 0.276 e. The summed E-state index contributed by atoms with van der Waals surface area (Å²) in [4.78, 5) is 26.9. The van der Waals surface area contributed by atoms with Crippen LogP contribution in [0.2, 0.25) is 0 Å². The molecule has 27 heavy (non-hydrogen) atoms. The van der Waals surface area contributed by atoms with Crippen molar-refractivity contribution in [3.63, 3.8) is 0 Å². The molecule has 0 bridgehead atoms. The standard InChI is InChI=1S/C21H25N3O3/c1-14-4-8-16(9-5-14)19-11-18(23-27-19)21(26)24-10-2-3-17(13-24)20(25)22-12-15-6-7-15/h4-5,8-9,11,15,17H,2-3,6-7,10,12-13H2,1H3,(H,22,25). The molecule has 1 atom stereocenters. The van der Waals surface area contributed by atoms with Crippen LogP contribution in [-0.4, -0.2) is 41.5 Å². The maximum absolute atomic E-state index is 12.8. The quantitative estimate of drug-likeness (QED) is 0.881. The number of aromatic nitrogens is 1. The van der Waals surface area contributed by atoms with Gasteiger partial charge in [-0.2, -0.15) is 0 Å². The minimum atomic E-state index is -0.170. The fourth-order valence-corrected chi connectivity index (χ4v) is 3.48. The Morgan fingerprint density at radius 3 is 2.74 bits per heavy atom. The summed E-state index contributed by atoms with van der Waals surface area (Å²) < 4.78 is 5.37. The first kappa shape index (κ1) is 17.8. The summed E-state index contributed by atoms with van der Waals surface area (Å²) in [6, 6.07) is 9.57. The third-order valence-corrected chi connectivity index (χ3v) is 5.41. The van der Waals surface area contributed by atoms with E-state index in [1.165, 1.54) is 12.8 Å². The van der Waals surface area contributed by atoms with E-state index in [4.69, 9.17) is 4.52 Å². The Hall–Kier alpha value is -2.63. The van der Waals surface area contributed by atoms with Gasteiger partial charge in [0, 0.05) is 31.3 Å². The van der Waals surface area contributed by atoms with Crippen molar-refractivity contribution in [2.75, 3.05) is 19.6 Å². The normalized spacial score (nSPS) is 19.7. The van der Waals surface area contributed by atoms with Crippen molar-refractivity contribution in [3.8, 4) is 11.3 Å². The van der Waals surface area contributed by atoms with E-state index in [1.54, 1.807) is 11.0 Å². The van der Waals surface area contributed by atoms with Crippen molar-refractivity contribution >= 4 is 11.8 Å². The number of hydrogen-bond acceptors (Lipinski definition) is 4. The van der Waals surface area contributed by atoms with Crippen LogP contribution in [0.15, 0.2) is 34.9 Å². The van der Waals surface area contributed by atoms with Gasteiger partial charge in [0.15, 0.2) is 11.5 Å². The average Bonchev–Trinajstić information content (AvgIpc) is 3.40. The number of nitrogens with one attached hydrogen (secondary N) is 1. The Balaban J connectivity index is 1.39. The van der Waals surface area contributed by atoms with Crippen LogP contribution in [0.25, 0.3) is 11.3 Å². The average molecular weight is 367 g/mol. The van der Waals surface area contributed by atoms with Crippen LogP contribution < -0.4 is 5.32 Å². The molecule has 1 aromatic carbocycles. The van der Waals surface area contributed by atoms with Crippen molar-refractivity contribution < 1.29 is 14.1 Å². The lowest BCUT2D eigenvalue weighted by Gasteiger charge is -2.31. The van der Waals surface area contributed by atoms with Gasteiger partial charge in [-0.15, -0.1) is 0 Å². The molecule has 0 spiro atoms. The van der Waals surface area contributed by atoms with E-state index in [0.717, 1.165) is 30.5 Å². The predicted octanol–water partition coefficient (Wildman–Crippen LogP) is 3.03. The van der Waals surface area contributed by atoms with Crippen LogP contribution in [0.5, 0.6) is 0 Å². The Morgan fingerprint density at radius 2 is 2.00 bits per heavy atom. The van der Waals surface area contributed by atoms with Crippen molar-refractivity contribution in [2.45, 2.75) is 32.6 Å². The maximum atomic E-state index is 12.8. The molecule has 2 aliphatic rings. The Labute approximate surface area is 158 Å². The van der Waals surface area contributed by atoms with Gasteiger partial charge >= 0.3 is 0 Å². The van der Waals surface area contributed by atoms with Gasteiger partial charge in [0.1, 0.15) is 0 Å². The lowest BCUT2D eigenvalue weighted by molar-refractivity contribution is -0.126. The van der Waals surface area contributed by atoms with Crippen LogP contribution in [0.1, 0.15) is 41.7 Å². The van der Waals surface area contributed by atoms with E-state index in [1.807, 2.05) is 31.2 Å². The summed E-state index contributed by atoms with van der Waals surface area (Å²) >= 11 is 0. The topological polar surface area (TPSA) is 75.4 Å². The highest BCUT2D eigenvalue weighted by molar-refractivity contribution is 5.93. The number of hydrogen-bond donors (Lipinski definition) is 1. The molecule has 2 aromatic rings. The molecule has 1 N–H and O–H groups in total. The highest BCUT2D eigenvalue weighted by Gasteiger charge is 2.31. The van der Waals surface area contributed by atoms with Gasteiger partial charge in [0.05, 0.1) is 5.92 Å². The van der Waals surface area contributed by atoms with E-state index in [-0.39, 0.29) is 17.7 Å². The van der Waals surface area contributed by atoms with E-state index < -0.39 is 0 Å². The number of nitrogens with zero attached hydrogens (tertiary/aromatic N) is 2. The monoisotopic (exact) mass is 367 g/mol. The SMILES string of the molecule is Cc1ccc(-c2cc(C(=O)N3CCCC(C(=O)NCC4CC4)C3)no2)cc1. The first-order valence-electron chi connectivity index (χ1n) is 9.71. The van der Waals surface area contributed by atoms with Gasteiger partial charge in [-0.25, -0.2) is 0 Å². The number of carbonyl (C=O) groups excluding carboxylic acids is 2. The lowest BCUT2D eigenvalue weighted by Crippen LogP contribution is -2.45. The predicted molar refractivity (Wildman–Crippen MR) is 101 cm³/mol. The van der Waals surface area contributed by atoms with Gasteiger partial charge in [0.25, 0.3) is 5.91 Å². The van der Waals surface area contributed by atoms with Gasteiger partial charge in [-0.1, -0.05) is 35.0 Å². The largest absolute Gasteiger partial charge is 0.356 e. The number of carbonyl (C=O) groups is 2. The summed E-state index contributed by atoms with van der Waals surface area (Å²) in [5, 5.41) is 6.99. The zero-order chi connectivity index (χ0) is 18.8. The number of aryl methyl sites for hydroxylation is 1. The molecular formula is C21H25N3O3. The molecule has 1 aliphatic carbocycles. The van der Waals surface area contributed by atoms with Crippen molar-refractivity contribution in [3.05, 3.63) is 41.6 Å². The maximum Gasteiger partial charge on any atom is 0.276 e. The molecule has 1 aliphatic heterocycles. The number of piperidine rings is 1. The molecule has 1 unspecified atom stereocenters. The van der Waals surface area contributed by atoms with Crippen molar-refractivity contribution in [1.29, 1.82) is 0 Å². The molecule has 1 saturated carbocycles. The third-order valence-electron chi connectivity index (χ3n) is 5.41. The first-order chi connectivity index (χ1) is 13.1. The van der Waals surface area contributed by atoms with E-state index in [2.05, 4.69) is 10.5 Å². The fraction of sp³-hybridized carbons (Fsp3) is 0.476. The van der Waals surface area contributed by atoms with E-state index in [9.17, 15) is 9.59 Å². The number of likely N-dealkylation sites (tertiary alicyclic amines) is 1. The molecular weight excluding hydrogens is 342 g/mol. The van der Waals surface area contributed by atoms with Crippen LogP contribution in [0, 0.1) is 18.8 Å². The fourth-order valence-electron chi connectivity index (χ4n) is 3.48. The molecule has 4 rings (SSSR count). The van der Waals surface area contributed by atoms with E-state index >= 15 is 0 Å². The Bertz CT molecular complexity index is 823. The summed E-state index contributed by atoms with van der Waals surface area (Å²) in [5.74, 6) is 1.00. The second-order valence-corrected chi connectivity index (χ2v) is 7.72. The van der Waals surface area contributed by atoms with Crippen molar-refractivity contribution in [2.24, 2.45) is 11.8 Å². The molecule has 2 fully saturated rings. The molecule has 6 heteroatoms. The minimum absolute atomic E-state index is 0.0693. The van der Waals surface area contributed by atoms with Gasteiger partial charge in [0.2, 0.25) is 5.91 Å². The van der Waals surface area contributed by atoms with Crippen molar-refractivity contribution in [1.82, 2.24) is 15.4 Å². The number of amides is 2. The Morgan fingerprint density at radius 1 is 1.22 bits per heavy atom. The molecule has 1 aromatic heterocycles. The highest BCUT2D eigenvalue weighted by atomic mass is 16.5. The third kappa shape index (κ3) is 4.21. The minimum Gasteiger partial charge on any atom is -0.356 e. The Kier molecular flexibility index (Phi) is 4.97. The molecule has 142 valence electrons. The van der Waals surface area contributed by atoms with Gasteiger partial charge in [-0.05, 0) is 38.5 Å². The number of benzene rings is 1. The first-order valence-corrected chi connectivity index (χ1v) is 9.71. The summed E-state index contributed by atoms with van der Waals surface area (Å²) in [6.07, 6.45) is 4.08. The number of rotatable bonds is 5. The molecule has 2 heterocycles. The summed E-state index contributed by atoms with van der Waals surface area (Å²) in [6.45, 7) is 3.89. The molecule has 2 amide bonds. The second-order valence-electron chi connectivity index (χ2n) is 7.72. The van der Waals surface area contributed by atoms with Crippen LogP contribution in [0.4, 0.5) is 0 Å². The van der Waals surface area contributed by atoms with Gasteiger partial charge in [-0.3, -0.25) is 9.59 Å². The zero-order valence-corrected chi connectivity index (χ0v) is 15.6. The summed E-state index contributed by atoms with van der Waals surface area (Å²) in [5.41, 5.74) is 2.35. The highest BCUT2D eigenvalue weighted by Crippen LogP contribution is 2.28. The second kappa shape index (κ2) is 7.55. The molecule has 6 nitrogen and oxygen atoms in total.